The van der Waals surface area contributed by atoms with Gasteiger partial charge in [0.15, 0.2) is 11.6 Å². The molecule has 6 nitrogen and oxygen atoms in total. The van der Waals surface area contributed by atoms with E-state index in [-0.39, 0.29) is 5.78 Å². The van der Waals surface area contributed by atoms with Crippen molar-refractivity contribution in [3.8, 4) is 33.9 Å². The Morgan fingerprint density at radius 3 is 2.41 bits per heavy atom. The number of nitrogen functional groups attached to an aromatic ring is 1. The van der Waals surface area contributed by atoms with Gasteiger partial charge in [-0.2, -0.15) is 5.10 Å². The van der Waals surface area contributed by atoms with Gasteiger partial charge in [-0.25, -0.2) is 0 Å². The van der Waals surface area contributed by atoms with Crippen LogP contribution in [0.1, 0.15) is 17.3 Å². The van der Waals surface area contributed by atoms with Crippen LogP contribution in [-0.4, -0.2) is 21.0 Å². The monoisotopic (exact) mass is 420 g/mol. The minimum absolute atomic E-state index is 0.00153. The zero-order chi connectivity index (χ0) is 22.1. The van der Waals surface area contributed by atoms with Crippen LogP contribution < -0.4 is 10.5 Å². The number of ketones is 1. The predicted octanol–water partition coefficient (Wildman–Crippen LogP) is 5.87. The van der Waals surface area contributed by atoms with Crippen LogP contribution in [0.2, 0.25) is 0 Å². The number of Topliss-reactive ketones (excluding diaryl/α,β-unsaturated/α-hetero) is 1. The Bertz CT molecular complexity index is 1420. The number of para-hydroxylation sites is 1. The van der Waals surface area contributed by atoms with Crippen LogP contribution >= 0.6 is 0 Å². The standard InChI is InChI=1S/C26H20N4O2/c1-16(31)18-6-5-7-19(14-18)24-25-23(26(27)30-29-25)22(15-28-24)17-10-12-21(13-11-17)32-20-8-3-2-4-9-20/h2-15H,1H3,(H3,27,29,30). The number of H-pyrrole nitrogens is 1. The molecular formula is C26H20N4O2. The summed E-state index contributed by atoms with van der Waals surface area (Å²) in [5, 5.41) is 8.02. The number of hydrogen-bond acceptors (Lipinski definition) is 5. The van der Waals surface area contributed by atoms with Crippen molar-refractivity contribution < 1.29 is 9.53 Å². The number of nitrogens with two attached hydrogens (primary N) is 1. The lowest BCUT2D eigenvalue weighted by molar-refractivity contribution is 0.101. The molecule has 0 saturated heterocycles. The minimum Gasteiger partial charge on any atom is -0.457 e. The maximum Gasteiger partial charge on any atom is 0.159 e. The average molecular weight is 420 g/mol. The molecule has 156 valence electrons. The third kappa shape index (κ3) is 3.58. The summed E-state index contributed by atoms with van der Waals surface area (Å²) in [6, 6.07) is 24.8. The van der Waals surface area contributed by atoms with Gasteiger partial charge in [-0.15, -0.1) is 0 Å². The largest absolute Gasteiger partial charge is 0.457 e. The Hall–Kier alpha value is -4.45. The number of hydrogen-bond donors (Lipinski definition) is 2. The maximum absolute atomic E-state index is 11.8. The Balaban J connectivity index is 1.55. The summed E-state index contributed by atoms with van der Waals surface area (Å²) < 4.78 is 5.89. The van der Waals surface area contributed by atoms with Gasteiger partial charge in [0, 0.05) is 22.9 Å². The van der Waals surface area contributed by atoms with Crippen molar-refractivity contribution in [3.63, 3.8) is 0 Å². The van der Waals surface area contributed by atoms with E-state index < -0.39 is 0 Å². The first kappa shape index (κ1) is 19.5. The molecule has 2 heterocycles. The highest BCUT2D eigenvalue weighted by Gasteiger charge is 2.17. The van der Waals surface area contributed by atoms with Gasteiger partial charge in [-0.3, -0.25) is 14.9 Å². The summed E-state index contributed by atoms with van der Waals surface area (Å²) in [7, 11) is 0. The fourth-order valence-corrected chi connectivity index (χ4v) is 3.71. The summed E-state index contributed by atoms with van der Waals surface area (Å²) in [6.07, 6.45) is 1.79. The molecule has 0 fully saturated rings. The summed E-state index contributed by atoms with van der Waals surface area (Å²) in [5.74, 6) is 1.91. The van der Waals surface area contributed by atoms with Crippen LogP contribution in [0, 0.1) is 0 Å². The number of nitrogens with one attached hydrogen (secondary N) is 1. The molecule has 5 rings (SSSR count). The molecule has 0 spiro atoms. The van der Waals surface area contributed by atoms with Gasteiger partial charge in [0.25, 0.3) is 0 Å². The normalized spacial score (nSPS) is 10.9. The number of carbonyl (C=O) groups is 1. The lowest BCUT2D eigenvalue weighted by Crippen LogP contribution is -1.94. The fourth-order valence-electron chi connectivity index (χ4n) is 3.71. The van der Waals surface area contributed by atoms with Gasteiger partial charge in [-0.1, -0.05) is 48.5 Å². The quantitative estimate of drug-likeness (QED) is 0.347. The molecular weight excluding hydrogens is 400 g/mol. The highest BCUT2D eigenvalue weighted by molar-refractivity contribution is 6.07. The minimum atomic E-state index is 0.00153. The Morgan fingerprint density at radius 1 is 0.906 bits per heavy atom. The topological polar surface area (TPSA) is 93.9 Å². The molecule has 0 aliphatic rings. The van der Waals surface area contributed by atoms with Crippen molar-refractivity contribution in [1.82, 2.24) is 15.2 Å². The third-order valence-corrected chi connectivity index (χ3v) is 5.31. The Morgan fingerprint density at radius 2 is 1.66 bits per heavy atom. The van der Waals surface area contributed by atoms with E-state index in [0.29, 0.717) is 17.1 Å². The summed E-state index contributed by atoms with van der Waals surface area (Å²) in [5.41, 5.74) is 10.9. The summed E-state index contributed by atoms with van der Waals surface area (Å²) in [4.78, 5) is 16.5. The number of rotatable bonds is 5. The Labute approximate surface area is 184 Å². The van der Waals surface area contributed by atoms with Crippen molar-refractivity contribution in [2.45, 2.75) is 6.92 Å². The molecule has 3 aromatic carbocycles. The second kappa shape index (κ2) is 8.00. The highest BCUT2D eigenvalue weighted by atomic mass is 16.5. The number of benzene rings is 3. The molecule has 32 heavy (non-hydrogen) atoms. The van der Waals surface area contributed by atoms with E-state index in [1.54, 1.807) is 19.2 Å². The molecule has 6 heteroatoms. The van der Waals surface area contributed by atoms with Crippen LogP contribution in [0.4, 0.5) is 5.82 Å². The van der Waals surface area contributed by atoms with Gasteiger partial charge in [0.05, 0.1) is 16.6 Å². The molecule has 2 aromatic heterocycles. The maximum atomic E-state index is 11.8. The highest BCUT2D eigenvalue weighted by Crippen LogP contribution is 2.36. The van der Waals surface area contributed by atoms with Crippen molar-refractivity contribution in [3.05, 3.63) is 90.6 Å². The molecule has 0 unspecified atom stereocenters. The first-order valence-corrected chi connectivity index (χ1v) is 10.2. The zero-order valence-electron chi connectivity index (χ0n) is 17.4. The molecule has 0 aliphatic carbocycles. The van der Waals surface area contributed by atoms with Gasteiger partial charge < -0.3 is 10.5 Å². The lowest BCUT2D eigenvalue weighted by atomic mass is 9.99. The van der Waals surface area contributed by atoms with E-state index >= 15 is 0 Å². The number of fused-ring (bicyclic) bond motifs is 1. The zero-order valence-corrected chi connectivity index (χ0v) is 17.4. The van der Waals surface area contributed by atoms with Crippen LogP contribution in [0.25, 0.3) is 33.3 Å². The molecule has 0 atom stereocenters. The van der Waals surface area contributed by atoms with Gasteiger partial charge in [0.2, 0.25) is 0 Å². The van der Waals surface area contributed by atoms with Crippen LogP contribution in [-0.2, 0) is 0 Å². The fraction of sp³-hybridized carbons (Fsp3) is 0.0385. The van der Waals surface area contributed by atoms with E-state index in [9.17, 15) is 4.79 Å². The summed E-state index contributed by atoms with van der Waals surface area (Å²) in [6.45, 7) is 1.55. The van der Waals surface area contributed by atoms with Crippen LogP contribution in [0.3, 0.4) is 0 Å². The first-order chi connectivity index (χ1) is 15.6. The van der Waals surface area contributed by atoms with Gasteiger partial charge in [0.1, 0.15) is 11.5 Å². The van der Waals surface area contributed by atoms with Crippen LogP contribution in [0.5, 0.6) is 11.5 Å². The number of pyridine rings is 1. The second-order valence-electron chi connectivity index (χ2n) is 7.46. The second-order valence-corrected chi connectivity index (χ2v) is 7.46. The van der Waals surface area contributed by atoms with Gasteiger partial charge >= 0.3 is 0 Å². The van der Waals surface area contributed by atoms with Crippen LogP contribution in [0.15, 0.2) is 85.1 Å². The molecule has 0 radical (unpaired) electrons. The molecule has 0 amide bonds. The van der Waals surface area contributed by atoms with Gasteiger partial charge in [-0.05, 0) is 42.8 Å². The van der Waals surface area contributed by atoms with Crippen molar-refractivity contribution >= 4 is 22.5 Å². The molecule has 0 aliphatic heterocycles. The number of anilines is 1. The smallest absolute Gasteiger partial charge is 0.159 e. The number of nitrogens with zero attached hydrogens (tertiary/aromatic N) is 2. The number of aromatic nitrogens is 3. The number of ether oxygens (including phenoxy) is 1. The van der Waals surface area contributed by atoms with E-state index in [0.717, 1.165) is 39.1 Å². The van der Waals surface area contributed by atoms with Crippen molar-refractivity contribution in [2.75, 3.05) is 5.73 Å². The lowest BCUT2D eigenvalue weighted by Gasteiger charge is -2.10. The predicted molar refractivity (Wildman–Crippen MR) is 126 cm³/mol. The first-order valence-electron chi connectivity index (χ1n) is 10.2. The van der Waals surface area contributed by atoms with Crippen molar-refractivity contribution in [2.24, 2.45) is 0 Å². The Kier molecular flexibility index (Phi) is 4.88. The summed E-state index contributed by atoms with van der Waals surface area (Å²) >= 11 is 0. The third-order valence-electron chi connectivity index (χ3n) is 5.31. The molecule has 5 aromatic rings. The van der Waals surface area contributed by atoms with E-state index in [2.05, 4.69) is 15.2 Å². The number of carbonyl (C=O) groups excluding carboxylic acids is 1. The van der Waals surface area contributed by atoms with Crippen molar-refractivity contribution in [1.29, 1.82) is 0 Å². The number of aromatic amines is 1. The van der Waals surface area contributed by atoms with E-state index in [1.165, 1.54) is 0 Å². The van der Waals surface area contributed by atoms with E-state index in [1.807, 2.05) is 72.8 Å². The van der Waals surface area contributed by atoms with E-state index in [4.69, 9.17) is 10.5 Å². The SMILES string of the molecule is CC(=O)c1cccc(-c2ncc(-c3ccc(Oc4ccccc4)cc3)c3c(N)n[nH]c23)c1. The molecule has 3 N–H and O–H groups in total. The molecule has 0 bridgehead atoms. The molecule has 0 saturated carbocycles. The average Bonchev–Trinajstić information content (AvgIpc) is 3.22.